The summed E-state index contributed by atoms with van der Waals surface area (Å²) in [5.41, 5.74) is 1.01. The molecule has 0 amide bonds. The largest absolute Gasteiger partial charge is 0.508 e. The van der Waals surface area contributed by atoms with E-state index in [9.17, 15) is 5.11 Å². The molecule has 1 aromatic carbocycles. The number of aryl methyl sites for hydroxylation is 1. The zero-order valence-electron chi connectivity index (χ0n) is 7.69. The summed E-state index contributed by atoms with van der Waals surface area (Å²) in [6.45, 7) is 0. The summed E-state index contributed by atoms with van der Waals surface area (Å²) in [6, 6.07) is 7.45. The van der Waals surface area contributed by atoms with Gasteiger partial charge in [-0.25, -0.2) is 0 Å². The molecule has 0 heterocycles. The van der Waals surface area contributed by atoms with E-state index >= 15 is 0 Å². The number of hydrogen-bond acceptors (Lipinski definition) is 3. The normalized spacial score (nSPS) is 10.2. The molecule has 13 heavy (non-hydrogen) atoms. The smallest absolute Gasteiger partial charge is 0.118 e. The molecule has 0 saturated heterocycles. The van der Waals surface area contributed by atoms with E-state index < -0.39 is 0 Å². The molecule has 0 spiro atoms. The second-order valence-electron chi connectivity index (χ2n) is 2.72. The molecule has 0 aromatic heterocycles. The van der Waals surface area contributed by atoms with E-state index in [-0.39, 0.29) is 0 Å². The van der Waals surface area contributed by atoms with Gasteiger partial charge in [0.05, 0.1) is 7.11 Å². The van der Waals surface area contributed by atoms with Crippen molar-refractivity contribution in [2.75, 3.05) is 12.9 Å². The number of para-hydroxylation sites is 1. The lowest BCUT2D eigenvalue weighted by Crippen LogP contribution is -1.88. The number of rotatable bonds is 5. The molecule has 1 N–H and O–H groups in total. The van der Waals surface area contributed by atoms with Crippen LogP contribution in [0.3, 0.4) is 0 Å². The molecule has 0 aliphatic rings. The van der Waals surface area contributed by atoms with Crippen molar-refractivity contribution in [3.05, 3.63) is 29.8 Å². The first-order valence-electron chi connectivity index (χ1n) is 4.27. The van der Waals surface area contributed by atoms with Gasteiger partial charge in [0.2, 0.25) is 0 Å². The summed E-state index contributed by atoms with van der Waals surface area (Å²) in [6.07, 6.45) is 1.93. The van der Waals surface area contributed by atoms with Crippen molar-refractivity contribution >= 4 is 12.0 Å². The van der Waals surface area contributed by atoms with Crippen molar-refractivity contribution in [2.45, 2.75) is 12.8 Å². The Morgan fingerprint density at radius 1 is 1.38 bits per heavy atom. The molecule has 0 fully saturated rings. The fraction of sp³-hybridized carbons (Fsp3) is 0.400. The van der Waals surface area contributed by atoms with Gasteiger partial charge in [0.1, 0.15) is 5.75 Å². The van der Waals surface area contributed by atoms with Gasteiger partial charge in [-0.3, -0.25) is 0 Å². The third-order valence-electron chi connectivity index (χ3n) is 1.78. The molecule has 0 radical (unpaired) electrons. The standard InChI is InChI=1S/C10H14O2S/c1-12-13-8-4-6-9-5-2-3-7-10(9)11/h2-3,5,7,11H,4,6,8H2,1H3. The Morgan fingerprint density at radius 2 is 2.15 bits per heavy atom. The highest BCUT2D eigenvalue weighted by Crippen LogP contribution is 2.18. The maximum atomic E-state index is 9.43. The number of phenols is 1. The van der Waals surface area contributed by atoms with E-state index in [2.05, 4.69) is 0 Å². The molecule has 0 unspecified atom stereocenters. The second kappa shape index (κ2) is 5.89. The van der Waals surface area contributed by atoms with E-state index in [1.165, 1.54) is 12.0 Å². The topological polar surface area (TPSA) is 29.5 Å². The number of phenolic OH excluding ortho intramolecular Hbond substituents is 1. The Kier molecular flexibility index (Phi) is 4.72. The first kappa shape index (κ1) is 10.4. The highest BCUT2D eigenvalue weighted by Gasteiger charge is 1.98. The van der Waals surface area contributed by atoms with Gasteiger partial charge in [-0.2, -0.15) is 0 Å². The van der Waals surface area contributed by atoms with E-state index in [1.807, 2.05) is 18.2 Å². The highest BCUT2D eigenvalue weighted by atomic mass is 32.2. The average Bonchev–Trinajstić information content (AvgIpc) is 2.15. The quantitative estimate of drug-likeness (QED) is 0.582. The third-order valence-corrected chi connectivity index (χ3v) is 2.47. The monoisotopic (exact) mass is 198 g/mol. The summed E-state index contributed by atoms with van der Waals surface area (Å²) >= 11 is 1.45. The molecule has 3 heteroatoms. The summed E-state index contributed by atoms with van der Waals surface area (Å²) in [5.74, 6) is 1.36. The lowest BCUT2D eigenvalue weighted by molar-refractivity contribution is 0.467. The van der Waals surface area contributed by atoms with E-state index in [0.717, 1.165) is 24.2 Å². The lowest BCUT2D eigenvalue weighted by Gasteiger charge is -2.02. The molecule has 0 bridgehead atoms. The first-order valence-corrected chi connectivity index (χ1v) is 5.18. The number of hydrogen-bond donors (Lipinski definition) is 1. The molecule has 0 aliphatic heterocycles. The number of benzene rings is 1. The van der Waals surface area contributed by atoms with Crippen molar-refractivity contribution in [1.82, 2.24) is 0 Å². The fourth-order valence-corrected chi connectivity index (χ4v) is 1.56. The van der Waals surface area contributed by atoms with Gasteiger partial charge >= 0.3 is 0 Å². The van der Waals surface area contributed by atoms with Gasteiger partial charge in [0, 0.05) is 5.75 Å². The summed E-state index contributed by atoms with van der Waals surface area (Å²) in [4.78, 5) is 0. The van der Waals surface area contributed by atoms with Crippen LogP contribution >= 0.6 is 12.0 Å². The first-order chi connectivity index (χ1) is 6.34. The van der Waals surface area contributed by atoms with Crippen LogP contribution in [0, 0.1) is 0 Å². The molecule has 72 valence electrons. The van der Waals surface area contributed by atoms with Crippen LogP contribution in [-0.4, -0.2) is 18.0 Å². The van der Waals surface area contributed by atoms with Gasteiger partial charge in [-0.05, 0) is 36.5 Å². The Labute approximate surface area is 83.1 Å². The fourth-order valence-electron chi connectivity index (χ4n) is 1.13. The van der Waals surface area contributed by atoms with Crippen LogP contribution in [0.25, 0.3) is 0 Å². The zero-order valence-corrected chi connectivity index (χ0v) is 8.51. The van der Waals surface area contributed by atoms with Crippen molar-refractivity contribution in [3.63, 3.8) is 0 Å². The lowest BCUT2D eigenvalue weighted by atomic mass is 10.1. The zero-order chi connectivity index (χ0) is 9.52. The third kappa shape index (κ3) is 3.70. The van der Waals surface area contributed by atoms with Crippen LogP contribution in [-0.2, 0) is 10.6 Å². The molecule has 2 nitrogen and oxygen atoms in total. The molecular weight excluding hydrogens is 184 g/mol. The number of aromatic hydroxyl groups is 1. The van der Waals surface area contributed by atoms with Crippen LogP contribution in [0.1, 0.15) is 12.0 Å². The van der Waals surface area contributed by atoms with Crippen molar-refractivity contribution in [2.24, 2.45) is 0 Å². The van der Waals surface area contributed by atoms with E-state index in [4.69, 9.17) is 4.18 Å². The highest BCUT2D eigenvalue weighted by molar-refractivity contribution is 7.94. The minimum atomic E-state index is 0.393. The summed E-state index contributed by atoms with van der Waals surface area (Å²) in [7, 11) is 1.67. The van der Waals surface area contributed by atoms with Crippen LogP contribution in [0.5, 0.6) is 5.75 Å². The van der Waals surface area contributed by atoms with Crippen LogP contribution in [0.15, 0.2) is 24.3 Å². The summed E-state index contributed by atoms with van der Waals surface area (Å²) < 4.78 is 4.86. The van der Waals surface area contributed by atoms with Crippen LogP contribution < -0.4 is 0 Å². The molecule has 0 aliphatic carbocycles. The van der Waals surface area contributed by atoms with E-state index in [1.54, 1.807) is 13.2 Å². The minimum Gasteiger partial charge on any atom is -0.508 e. The molecule has 0 atom stereocenters. The maximum Gasteiger partial charge on any atom is 0.118 e. The van der Waals surface area contributed by atoms with Crippen LogP contribution in [0.4, 0.5) is 0 Å². The molecular formula is C10H14O2S. The molecule has 0 saturated carbocycles. The Bertz CT molecular complexity index is 250. The van der Waals surface area contributed by atoms with Gasteiger partial charge in [-0.1, -0.05) is 18.2 Å². The molecule has 1 rings (SSSR count). The van der Waals surface area contributed by atoms with Gasteiger partial charge in [0.25, 0.3) is 0 Å². The second-order valence-corrected chi connectivity index (χ2v) is 3.70. The van der Waals surface area contributed by atoms with Gasteiger partial charge < -0.3 is 9.29 Å². The van der Waals surface area contributed by atoms with Crippen molar-refractivity contribution < 1.29 is 9.29 Å². The van der Waals surface area contributed by atoms with Gasteiger partial charge in [0.15, 0.2) is 0 Å². The Hall–Kier alpha value is -0.670. The van der Waals surface area contributed by atoms with Crippen molar-refractivity contribution in [1.29, 1.82) is 0 Å². The predicted molar refractivity (Wildman–Crippen MR) is 55.9 cm³/mol. The SMILES string of the molecule is COSCCCc1ccccc1O. The van der Waals surface area contributed by atoms with E-state index in [0.29, 0.717) is 5.75 Å². The average molecular weight is 198 g/mol. The maximum absolute atomic E-state index is 9.43. The predicted octanol–water partition coefficient (Wildman–Crippen LogP) is 2.62. The summed E-state index contributed by atoms with van der Waals surface area (Å²) in [5, 5.41) is 9.43. The molecule has 1 aromatic rings. The Balaban J connectivity index is 2.32. The van der Waals surface area contributed by atoms with Crippen molar-refractivity contribution in [3.8, 4) is 5.75 Å². The minimum absolute atomic E-state index is 0.393. The van der Waals surface area contributed by atoms with Gasteiger partial charge in [-0.15, -0.1) is 0 Å². The Morgan fingerprint density at radius 3 is 2.85 bits per heavy atom. The van der Waals surface area contributed by atoms with Crippen LogP contribution in [0.2, 0.25) is 0 Å².